The fraction of sp³-hybridized carbons (Fsp3) is 0.909. The molecule has 0 spiro atoms. The molecule has 1 aliphatic heterocycles. The van der Waals surface area contributed by atoms with Crippen LogP contribution in [-0.4, -0.2) is 34.6 Å². The Hall–Kier alpha value is -0.570. The van der Waals surface area contributed by atoms with Crippen molar-refractivity contribution >= 4 is 5.91 Å². The van der Waals surface area contributed by atoms with Gasteiger partial charge in [0, 0.05) is 18.5 Å². The van der Waals surface area contributed by atoms with E-state index in [2.05, 4.69) is 0 Å². The van der Waals surface area contributed by atoms with Crippen molar-refractivity contribution in [3.63, 3.8) is 0 Å². The van der Waals surface area contributed by atoms with Gasteiger partial charge in [0.2, 0.25) is 5.91 Å². The molecule has 0 saturated carbocycles. The average molecular weight is 199 g/mol. The molecule has 14 heavy (non-hydrogen) atoms. The predicted molar refractivity (Wildman–Crippen MR) is 55.9 cm³/mol. The van der Waals surface area contributed by atoms with Crippen molar-refractivity contribution in [1.29, 1.82) is 0 Å². The molecule has 0 aromatic rings. The van der Waals surface area contributed by atoms with Crippen molar-refractivity contribution in [2.24, 2.45) is 5.41 Å². The lowest BCUT2D eigenvalue weighted by molar-refractivity contribution is -0.145. The third-order valence-electron chi connectivity index (χ3n) is 2.60. The van der Waals surface area contributed by atoms with E-state index in [9.17, 15) is 9.90 Å². The van der Waals surface area contributed by atoms with Crippen LogP contribution in [0.4, 0.5) is 0 Å². The Morgan fingerprint density at radius 2 is 2.00 bits per heavy atom. The monoisotopic (exact) mass is 199 g/mol. The van der Waals surface area contributed by atoms with E-state index in [-0.39, 0.29) is 11.3 Å². The Morgan fingerprint density at radius 3 is 2.43 bits per heavy atom. The molecule has 1 heterocycles. The second kappa shape index (κ2) is 3.54. The number of rotatable bonds is 0. The largest absolute Gasteiger partial charge is 0.388 e. The molecule has 3 heteroatoms. The molecule has 0 aliphatic carbocycles. The van der Waals surface area contributed by atoms with E-state index >= 15 is 0 Å². The van der Waals surface area contributed by atoms with Gasteiger partial charge in [-0.05, 0) is 19.8 Å². The maximum atomic E-state index is 11.9. The third kappa shape index (κ3) is 2.71. The highest BCUT2D eigenvalue weighted by atomic mass is 16.3. The fourth-order valence-electron chi connectivity index (χ4n) is 1.87. The van der Waals surface area contributed by atoms with Crippen LogP contribution in [0.25, 0.3) is 0 Å². The zero-order valence-electron chi connectivity index (χ0n) is 9.63. The molecule has 0 bridgehead atoms. The number of likely N-dealkylation sites (tertiary alicyclic amines) is 1. The van der Waals surface area contributed by atoms with Gasteiger partial charge in [0.05, 0.1) is 5.60 Å². The first-order valence-electron chi connectivity index (χ1n) is 5.24. The van der Waals surface area contributed by atoms with Crippen molar-refractivity contribution in [1.82, 2.24) is 4.90 Å². The molecule has 1 unspecified atom stereocenters. The summed E-state index contributed by atoms with van der Waals surface area (Å²) in [5, 5.41) is 9.87. The Balaban J connectivity index is 2.66. The summed E-state index contributed by atoms with van der Waals surface area (Å²) in [6.45, 7) is 8.81. The molecule has 0 aromatic carbocycles. The molecule has 0 aromatic heterocycles. The van der Waals surface area contributed by atoms with Crippen LogP contribution in [0.2, 0.25) is 0 Å². The van der Waals surface area contributed by atoms with E-state index < -0.39 is 5.60 Å². The Labute approximate surface area is 86.1 Å². The number of carbonyl (C=O) groups excluding carboxylic acids is 1. The maximum absolute atomic E-state index is 11.9. The number of aliphatic hydroxyl groups is 1. The van der Waals surface area contributed by atoms with Crippen molar-refractivity contribution in [2.45, 2.75) is 46.1 Å². The molecule has 0 radical (unpaired) electrons. The summed E-state index contributed by atoms with van der Waals surface area (Å²) in [4.78, 5) is 13.7. The van der Waals surface area contributed by atoms with Gasteiger partial charge in [-0.1, -0.05) is 20.8 Å². The highest BCUT2D eigenvalue weighted by Crippen LogP contribution is 2.25. The van der Waals surface area contributed by atoms with E-state index in [1.165, 1.54) is 0 Å². The third-order valence-corrected chi connectivity index (χ3v) is 2.60. The summed E-state index contributed by atoms with van der Waals surface area (Å²) in [7, 11) is 0. The first-order chi connectivity index (χ1) is 6.22. The normalized spacial score (nSPS) is 29.1. The first kappa shape index (κ1) is 11.5. The van der Waals surface area contributed by atoms with Gasteiger partial charge in [-0.3, -0.25) is 4.79 Å². The van der Waals surface area contributed by atoms with Gasteiger partial charge in [0.25, 0.3) is 0 Å². The van der Waals surface area contributed by atoms with E-state index in [4.69, 9.17) is 0 Å². The van der Waals surface area contributed by atoms with E-state index in [1.807, 2.05) is 20.8 Å². The summed E-state index contributed by atoms with van der Waals surface area (Å²) < 4.78 is 0. The van der Waals surface area contributed by atoms with Gasteiger partial charge >= 0.3 is 0 Å². The molecule has 3 nitrogen and oxygen atoms in total. The average Bonchev–Trinajstić information content (AvgIpc) is 1.99. The van der Waals surface area contributed by atoms with Crippen LogP contribution in [0.5, 0.6) is 0 Å². The second-order valence-corrected chi connectivity index (χ2v) is 5.58. The Morgan fingerprint density at radius 1 is 1.43 bits per heavy atom. The van der Waals surface area contributed by atoms with Crippen molar-refractivity contribution in [3.05, 3.63) is 0 Å². The van der Waals surface area contributed by atoms with Crippen LogP contribution in [0.15, 0.2) is 0 Å². The van der Waals surface area contributed by atoms with Crippen LogP contribution in [0.3, 0.4) is 0 Å². The Bertz CT molecular complexity index is 228. The molecule has 1 saturated heterocycles. The minimum atomic E-state index is -0.695. The minimum Gasteiger partial charge on any atom is -0.388 e. The topological polar surface area (TPSA) is 40.5 Å². The van der Waals surface area contributed by atoms with Gasteiger partial charge in [-0.25, -0.2) is 0 Å². The predicted octanol–water partition coefficient (Wildman–Crippen LogP) is 1.41. The van der Waals surface area contributed by atoms with Gasteiger partial charge in [0.1, 0.15) is 0 Å². The summed E-state index contributed by atoms with van der Waals surface area (Å²) >= 11 is 0. The van der Waals surface area contributed by atoms with E-state index in [0.29, 0.717) is 6.54 Å². The molecule has 1 fully saturated rings. The van der Waals surface area contributed by atoms with Gasteiger partial charge in [0.15, 0.2) is 0 Å². The van der Waals surface area contributed by atoms with Crippen molar-refractivity contribution in [2.75, 3.05) is 13.1 Å². The molecule has 1 rings (SSSR count). The lowest BCUT2D eigenvalue weighted by Gasteiger charge is -2.39. The number of nitrogens with zero attached hydrogens (tertiary/aromatic N) is 1. The smallest absolute Gasteiger partial charge is 0.228 e. The Kier molecular flexibility index (Phi) is 2.91. The lowest BCUT2D eigenvalue weighted by atomic mass is 9.90. The van der Waals surface area contributed by atoms with Crippen LogP contribution < -0.4 is 0 Å². The summed E-state index contributed by atoms with van der Waals surface area (Å²) in [5.74, 6) is 0.137. The number of carbonyl (C=O) groups is 1. The maximum Gasteiger partial charge on any atom is 0.228 e. The van der Waals surface area contributed by atoms with Crippen LogP contribution >= 0.6 is 0 Å². The summed E-state index contributed by atoms with van der Waals surface area (Å²) in [5.41, 5.74) is -1.04. The van der Waals surface area contributed by atoms with E-state index in [1.54, 1.807) is 11.8 Å². The van der Waals surface area contributed by atoms with Crippen LogP contribution in [0, 0.1) is 5.41 Å². The quantitative estimate of drug-likeness (QED) is 0.640. The minimum absolute atomic E-state index is 0.137. The van der Waals surface area contributed by atoms with Crippen LogP contribution in [0.1, 0.15) is 40.5 Å². The molecule has 1 aliphatic rings. The van der Waals surface area contributed by atoms with E-state index in [0.717, 1.165) is 19.4 Å². The van der Waals surface area contributed by atoms with Crippen molar-refractivity contribution < 1.29 is 9.90 Å². The molecule has 82 valence electrons. The van der Waals surface area contributed by atoms with Crippen LogP contribution in [-0.2, 0) is 4.79 Å². The molecule has 1 N–H and O–H groups in total. The van der Waals surface area contributed by atoms with Gasteiger partial charge in [-0.15, -0.1) is 0 Å². The second-order valence-electron chi connectivity index (χ2n) is 5.58. The molecule has 1 atom stereocenters. The van der Waals surface area contributed by atoms with Gasteiger partial charge < -0.3 is 10.0 Å². The fourth-order valence-corrected chi connectivity index (χ4v) is 1.87. The highest BCUT2D eigenvalue weighted by Gasteiger charge is 2.35. The lowest BCUT2D eigenvalue weighted by Crippen LogP contribution is -2.51. The van der Waals surface area contributed by atoms with Gasteiger partial charge in [-0.2, -0.15) is 0 Å². The number of amides is 1. The molecular formula is C11H21NO2. The number of hydrogen-bond acceptors (Lipinski definition) is 2. The number of piperidine rings is 1. The van der Waals surface area contributed by atoms with Crippen molar-refractivity contribution in [3.8, 4) is 0 Å². The molecular weight excluding hydrogens is 178 g/mol. The summed E-state index contributed by atoms with van der Waals surface area (Å²) in [6.07, 6.45) is 1.69. The SMILES string of the molecule is CC1(O)CCCN(C(=O)C(C)(C)C)C1. The number of hydrogen-bond donors (Lipinski definition) is 1. The zero-order chi connectivity index (χ0) is 11.0. The summed E-state index contributed by atoms with van der Waals surface area (Å²) in [6, 6.07) is 0. The standard InChI is InChI=1S/C11H21NO2/c1-10(2,3)9(13)12-7-5-6-11(4,14)8-12/h14H,5-8H2,1-4H3. The first-order valence-corrected chi connectivity index (χ1v) is 5.24. The molecule has 1 amide bonds. The zero-order valence-corrected chi connectivity index (χ0v) is 9.63. The number of β-amino-alcohol motifs (C(OH)–C–C–N with tert-alkyl or cyclic N) is 1. The highest BCUT2D eigenvalue weighted by molar-refractivity contribution is 5.81.